The van der Waals surface area contributed by atoms with E-state index in [4.69, 9.17) is 11.1 Å². The summed E-state index contributed by atoms with van der Waals surface area (Å²) in [7, 11) is 2.07. The van der Waals surface area contributed by atoms with E-state index in [1.54, 1.807) is 18.2 Å². The number of benzene rings is 2. The summed E-state index contributed by atoms with van der Waals surface area (Å²) in [6.07, 6.45) is 0. The number of likely N-dealkylation sites (N-methyl/N-ethyl adjacent to an activating group) is 1. The molecule has 7 heteroatoms. The number of nitrogens with zero attached hydrogens (tertiary/aromatic N) is 3. The molecular formula is C18H20N6O. The molecule has 0 amide bonds. The number of aromatic nitrogens is 2. The normalized spacial score (nSPS) is 17.4. The zero-order valence-electron chi connectivity index (χ0n) is 13.9. The van der Waals surface area contributed by atoms with Gasteiger partial charge in [-0.05, 0) is 30.3 Å². The van der Waals surface area contributed by atoms with E-state index in [1.165, 1.54) is 11.1 Å². The molecule has 1 atom stereocenters. The lowest BCUT2D eigenvalue weighted by Crippen LogP contribution is -2.34. The first-order valence-electron chi connectivity index (χ1n) is 8.12. The molecule has 1 unspecified atom stereocenters. The third-order valence-electron chi connectivity index (χ3n) is 4.61. The molecule has 3 aromatic rings. The fraction of sp³-hybridized carbons (Fsp3) is 0.222. The molecule has 1 aliphatic heterocycles. The van der Waals surface area contributed by atoms with Gasteiger partial charge in [0.15, 0.2) is 0 Å². The Bertz CT molecular complexity index is 963. The van der Waals surface area contributed by atoms with E-state index in [2.05, 4.69) is 34.4 Å². The van der Waals surface area contributed by atoms with Crippen molar-refractivity contribution in [2.75, 3.05) is 18.9 Å². The van der Waals surface area contributed by atoms with Crippen LogP contribution in [0.4, 0.5) is 5.95 Å². The van der Waals surface area contributed by atoms with Gasteiger partial charge in [0.2, 0.25) is 5.95 Å². The Morgan fingerprint density at radius 2 is 2.08 bits per heavy atom. The number of hydrogen-bond acceptors (Lipinski definition) is 5. The second kappa shape index (κ2) is 5.78. The summed E-state index contributed by atoms with van der Waals surface area (Å²) >= 11 is 0. The van der Waals surface area contributed by atoms with Gasteiger partial charge >= 0.3 is 0 Å². The van der Waals surface area contributed by atoms with E-state index in [0.717, 1.165) is 17.8 Å². The van der Waals surface area contributed by atoms with Crippen LogP contribution in [-0.2, 0) is 6.54 Å². The van der Waals surface area contributed by atoms with Gasteiger partial charge in [0.25, 0.3) is 0 Å². The minimum Gasteiger partial charge on any atom is -0.425 e. The van der Waals surface area contributed by atoms with Crippen molar-refractivity contribution in [3.05, 3.63) is 59.2 Å². The van der Waals surface area contributed by atoms with Crippen molar-refractivity contribution in [2.45, 2.75) is 12.6 Å². The molecule has 0 bridgehead atoms. The van der Waals surface area contributed by atoms with E-state index in [9.17, 15) is 5.21 Å². The highest BCUT2D eigenvalue weighted by atomic mass is 16.5. The van der Waals surface area contributed by atoms with Crippen molar-refractivity contribution in [1.82, 2.24) is 14.6 Å². The minimum atomic E-state index is -0.102. The summed E-state index contributed by atoms with van der Waals surface area (Å²) in [5.74, 6) is 0.244. The highest BCUT2D eigenvalue weighted by Crippen LogP contribution is 2.30. The van der Waals surface area contributed by atoms with Gasteiger partial charge in [-0.25, -0.2) is 4.98 Å². The van der Waals surface area contributed by atoms with Gasteiger partial charge in [-0.15, -0.1) is 4.73 Å². The zero-order valence-corrected chi connectivity index (χ0v) is 13.9. The van der Waals surface area contributed by atoms with Crippen molar-refractivity contribution >= 4 is 22.8 Å². The topological polar surface area (TPSA) is 103 Å². The number of hydrogen-bond donors (Lipinski definition) is 4. The Morgan fingerprint density at radius 1 is 1.28 bits per heavy atom. The molecule has 0 aliphatic carbocycles. The van der Waals surface area contributed by atoms with Gasteiger partial charge < -0.3 is 16.3 Å². The molecule has 0 saturated heterocycles. The summed E-state index contributed by atoms with van der Waals surface area (Å²) in [4.78, 5) is 6.71. The van der Waals surface area contributed by atoms with E-state index >= 15 is 0 Å². The Kier molecular flexibility index (Phi) is 3.58. The predicted octanol–water partition coefficient (Wildman–Crippen LogP) is 2.16. The van der Waals surface area contributed by atoms with Crippen LogP contribution in [0.25, 0.3) is 11.0 Å². The second-order valence-electron chi connectivity index (χ2n) is 6.43. The van der Waals surface area contributed by atoms with Crippen molar-refractivity contribution in [2.24, 2.45) is 5.73 Å². The second-order valence-corrected chi connectivity index (χ2v) is 6.43. The van der Waals surface area contributed by atoms with Crippen LogP contribution in [0.5, 0.6) is 0 Å². The van der Waals surface area contributed by atoms with Crippen molar-refractivity contribution in [3.63, 3.8) is 0 Å². The fourth-order valence-electron chi connectivity index (χ4n) is 3.48. The molecule has 1 aliphatic rings. The monoisotopic (exact) mass is 336 g/mol. The number of nitrogens with one attached hydrogen (secondary N) is 2. The summed E-state index contributed by atoms with van der Waals surface area (Å²) < 4.78 is 0.989. The Hall–Kier alpha value is -3.06. The first-order valence-corrected chi connectivity index (χ1v) is 8.12. The molecule has 2 heterocycles. The van der Waals surface area contributed by atoms with Gasteiger partial charge in [0.1, 0.15) is 11.4 Å². The van der Waals surface area contributed by atoms with Gasteiger partial charge in [0, 0.05) is 18.7 Å². The number of rotatable bonds is 3. The van der Waals surface area contributed by atoms with Crippen LogP contribution in [0.1, 0.15) is 22.7 Å². The molecule has 5 N–H and O–H groups in total. The van der Waals surface area contributed by atoms with Crippen LogP contribution in [0, 0.1) is 5.41 Å². The van der Waals surface area contributed by atoms with Crippen molar-refractivity contribution in [3.8, 4) is 0 Å². The van der Waals surface area contributed by atoms with Crippen molar-refractivity contribution < 1.29 is 5.21 Å². The van der Waals surface area contributed by atoms with Gasteiger partial charge in [-0.3, -0.25) is 10.3 Å². The summed E-state index contributed by atoms with van der Waals surface area (Å²) in [5, 5.41) is 21.6. The number of nitrogen functional groups attached to an aromatic ring is 1. The molecule has 25 heavy (non-hydrogen) atoms. The van der Waals surface area contributed by atoms with Gasteiger partial charge in [0.05, 0.1) is 11.6 Å². The van der Waals surface area contributed by atoms with E-state index in [1.807, 2.05) is 12.1 Å². The maximum atomic E-state index is 10.6. The first-order chi connectivity index (χ1) is 12.0. The average Bonchev–Trinajstić information content (AvgIpc) is 2.90. The summed E-state index contributed by atoms with van der Waals surface area (Å²) in [6, 6.07) is 13.6. The maximum absolute atomic E-state index is 10.6. The molecule has 0 spiro atoms. The quantitative estimate of drug-likeness (QED) is 0.333. The molecule has 128 valence electrons. The SMILES string of the molecule is CN1Cc2ccccc2C(Nc2nc3cccc(C(=N)N)c3n2O)C1. The number of imidazole rings is 1. The van der Waals surface area contributed by atoms with Crippen LogP contribution < -0.4 is 11.1 Å². The van der Waals surface area contributed by atoms with Gasteiger partial charge in [-0.2, -0.15) is 0 Å². The zero-order chi connectivity index (χ0) is 17.6. The Labute approximate surface area is 145 Å². The van der Waals surface area contributed by atoms with Crippen LogP contribution in [0.2, 0.25) is 0 Å². The summed E-state index contributed by atoms with van der Waals surface area (Å²) in [5.41, 5.74) is 9.59. The largest absolute Gasteiger partial charge is 0.425 e. The highest BCUT2D eigenvalue weighted by Gasteiger charge is 2.25. The van der Waals surface area contributed by atoms with Gasteiger partial charge in [-0.1, -0.05) is 30.3 Å². The number of para-hydroxylation sites is 1. The van der Waals surface area contributed by atoms with Crippen LogP contribution in [0.3, 0.4) is 0 Å². The smallest absolute Gasteiger partial charge is 0.238 e. The lowest BCUT2D eigenvalue weighted by atomic mass is 9.96. The number of anilines is 1. The Morgan fingerprint density at radius 3 is 2.88 bits per heavy atom. The molecule has 0 radical (unpaired) electrons. The maximum Gasteiger partial charge on any atom is 0.238 e. The predicted molar refractivity (Wildman–Crippen MR) is 97.1 cm³/mol. The lowest BCUT2D eigenvalue weighted by molar-refractivity contribution is 0.201. The van der Waals surface area contributed by atoms with Crippen molar-refractivity contribution in [1.29, 1.82) is 5.41 Å². The molecule has 2 aromatic carbocycles. The molecule has 0 fully saturated rings. The lowest BCUT2D eigenvalue weighted by Gasteiger charge is -2.32. The third-order valence-corrected chi connectivity index (χ3v) is 4.61. The van der Waals surface area contributed by atoms with E-state index in [-0.39, 0.29) is 11.9 Å². The average molecular weight is 336 g/mol. The standard InChI is InChI=1S/C18H20N6O/c1-23-9-11-5-2-3-6-12(11)15(10-23)22-18-21-14-8-4-7-13(17(19)20)16(14)24(18)25/h2-8,15,25H,9-10H2,1H3,(H3,19,20)(H,21,22). The number of fused-ring (bicyclic) bond motifs is 2. The molecule has 7 nitrogen and oxygen atoms in total. The van der Waals surface area contributed by atoms with Crippen LogP contribution in [0.15, 0.2) is 42.5 Å². The van der Waals surface area contributed by atoms with E-state index in [0.29, 0.717) is 22.5 Å². The van der Waals surface area contributed by atoms with Crippen LogP contribution >= 0.6 is 0 Å². The Balaban J connectivity index is 1.76. The first kappa shape index (κ1) is 15.5. The highest BCUT2D eigenvalue weighted by molar-refractivity contribution is 6.06. The molecular weight excluding hydrogens is 316 g/mol. The number of amidine groups is 1. The minimum absolute atomic E-state index is 0.0124. The van der Waals surface area contributed by atoms with Crippen LogP contribution in [-0.4, -0.2) is 39.2 Å². The number of nitrogens with two attached hydrogens (primary N) is 1. The fourth-order valence-corrected chi connectivity index (χ4v) is 3.48. The molecule has 4 rings (SSSR count). The summed E-state index contributed by atoms with van der Waals surface area (Å²) in [6.45, 7) is 1.71. The molecule has 1 aromatic heterocycles. The third kappa shape index (κ3) is 2.58. The van der Waals surface area contributed by atoms with E-state index < -0.39 is 0 Å². The molecule has 0 saturated carbocycles.